The summed E-state index contributed by atoms with van der Waals surface area (Å²) in [4.78, 5) is 25.0. The highest BCUT2D eigenvalue weighted by Gasteiger charge is 2.15. The number of carbonyl (C=O) groups is 1. The van der Waals surface area contributed by atoms with Gasteiger partial charge in [0.15, 0.2) is 0 Å². The summed E-state index contributed by atoms with van der Waals surface area (Å²) in [6.07, 6.45) is 0.548. The third-order valence-electron chi connectivity index (χ3n) is 3.98. The van der Waals surface area contributed by atoms with Crippen molar-refractivity contribution in [2.45, 2.75) is 18.2 Å². The molecular formula is C19H19N3O2S. The van der Waals surface area contributed by atoms with Gasteiger partial charge in [0.1, 0.15) is 0 Å². The lowest BCUT2D eigenvalue weighted by Gasteiger charge is -2.07. The van der Waals surface area contributed by atoms with E-state index < -0.39 is 0 Å². The average molecular weight is 353 g/mol. The number of hydrogen-bond acceptors (Lipinski definition) is 4. The molecule has 0 saturated carbocycles. The highest BCUT2D eigenvalue weighted by molar-refractivity contribution is 7.99. The lowest BCUT2D eigenvalue weighted by Crippen LogP contribution is -2.11. The molecule has 0 bridgehead atoms. The Hall–Kier alpha value is -2.60. The average Bonchev–Trinajstić information content (AvgIpc) is 2.98. The lowest BCUT2D eigenvalue weighted by atomic mass is 10.1. The maximum absolute atomic E-state index is 12.8. The number of carbonyl (C=O) groups excluding carboxylic acids is 1. The lowest BCUT2D eigenvalue weighted by molar-refractivity contribution is 0.103. The summed E-state index contributed by atoms with van der Waals surface area (Å²) in [5, 5.41) is 6.44. The molecule has 6 heteroatoms. The summed E-state index contributed by atoms with van der Waals surface area (Å²) < 4.78 is 1.88. The molecule has 0 saturated heterocycles. The number of aromatic amines is 1. The third kappa shape index (κ3) is 3.91. The number of nitrogens with zero attached hydrogens (tertiary/aromatic N) is 2. The largest absolute Gasteiger partial charge is 0.345 e. The molecule has 0 aliphatic carbocycles. The van der Waals surface area contributed by atoms with Crippen molar-refractivity contribution in [2.24, 2.45) is 7.05 Å². The van der Waals surface area contributed by atoms with Crippen LogP contribution in [0.1, 0.15) is 34.4 Å². The first kappa shape index (κ1) is 17.2. The van der Waals surface area contributed by atoms with Crippen molar-refractivity contribution in [1.82, 2.24) is 14.8 Å². The molecule has 3 aromatic rings. The van der Waals surface area contributed by atoms with Gasteiger partial charge in [-0.2, -0.15) is 5.10 Å². The zero-order chi connectivity index (χ0) is 17.8. The van der Waals surface area contributed by atoms with Gasteiger partial charge in [-0.3, -0.25) is 9.59 Å². The van der Waals surface area contributed by atoms with Crippen molar-refractivity contribution in [3.63, 3.8) is 0 Å². The van der Waals surface area contributed by atoms with Gasteiger partial charge in [-0.1, -0.05) is 6.92 Å². The zero-order valence-electron chi connectivity index (χ0n) is 14.2. The van der Waals surface area contributed by atoms with Crippen molar-refractivity contribution in [1.29, 1.82) is 0 Å². The van der Waals surface area contributed by atoms with Gasteiger partial charge in [-0.25, -0.2) is 5.10 Å². The molecular weight excluding hydrogens is 334 g/mol. The summed E-state index contributed by atoms with van der Waals surface area (Å²) in [7, 11) is 1.87. The Bertz CT molecular complexity index is 922. The van der Waals surface area contributed by atoms with E-state index in [2.05, 4.69) is 17.1 Å². The Morgan fingerprint density at radius 1 is 1.12 bits per heavy atom. The van der Waals surface area contributed by atoms with Crippen LogP contribution < -0.4 is 5.56 Å². The Morgan fingerprint density at radius 2 is 1.88 bits per heavy atom. The number of ketones is 1. The van der Waals surface area contributed by atoms with Gasteiger partial charge in [0, 0.05) is 35.7 Å². The van der Waals surface area contributed by atoms with E-state index in [4.69, 9.17) is 0 Å². The molecule has 2 heterocycles. The van der Waals surface area contributed by atoms with Crippen LogP contribution in [0.4, 0.5) is 0 Å². The fourth-order valence-corrected chi connectivity index (χ4v) is 3.30. The Balaban J connectivity index is 1.81. The van der Waals surface area contributed by atoms with E-state index in [-0.39, 0.29) is 11.3 Å². The van der Waals surface area contributed by atoms with Crippen LogP contribution in [0.15, 0.2) is 58.2 Å². The van der Waals surface area contributed by atoms with Crippen molar-refractivity contribution in [3.05, 3.63) is 81.5 Å². The molecule has 0 unspecified atom stereocenters. The van der Waals surface area contributed by atoms with Gasteiger partial charge in [0.05, 0.1) is 11.4 Å². The van der Waals surface area contributed by atoms with Crippen molar-refractivity contribution in [3.8, 4) is 0 Å². The van der Waals surface area contributed by atoms with Crippen LogP contribution in [-0.2, 0) is 13.5 Å². The van der Waals surface area contributed by atoms with Gasteiger partial charge in [-0.15, -0.1) is 11.8 Å². The molecule has 0 spiro atoms. The second-order valence-corrected chi connectivity index (χ2v) is 6.98. The van der Waals surface area contributed by atoms with Crippen LogP contribution in [0.2, 0.25) is 0 Å². The minimum absolute atomic E-state index is 0.00349. The number of aromatic nitrogens is 3. The van der Waals surface area contributed by atoms with Crippen molar-refractivity contribution in [2.75, 3.05) is 5.75 Å². The highest BCUT2D eigenvalue weighted by atomic mass is 32.2. The minimum atomic E-state index is -0.226. The fraction of sp³-hybridized carbons (Fsp3) is 0.211. The predicted molar refractivity (Wildman–Crippen MR) is 99.3 cm³/mol. The molecule has 3 rings (SSSR count). The van der Waals surface area contributed by atoms with Gasteiger partial charge in [-0.05, 0) is 48.2 Å². The van der Waals surface area contributed by atoms with Crippen LogP contribution in [0, 0.1) is 0 Å². The number of H-pyrrole nitrogens is 1. The van der Waals surface area contributed by atoms with E-state index in [1.54, 1.807) is 17.8 Å². The molecule has 0 aliphatic rings. The Kier molecular flexibility index (Phi) is 5.19. The number of rotatable bonds is 6. The van der Waals surface area contributed by atoms with E-state index in [9.17, 15) is 9.59 Å². The van der Waals surface area contributed by atoms with Crippen LogP contribution in [0.5, 0.6) is 0 Å². The minimum Gasteiger partial charge on any atom is -0.345 e. The third-order valence-corrected chi connectivity index (χ3v) is 4.88. The van der Waals surface area contributed by atoms with Gasteiger partial charge < -0.3 is 4.57 Å². The first-order valence-corrected chi connectivity index (χ1v) is 9.04. The fourth-order valence-electron chi connectivity index (χ4n) is 2.63. The van der Waals surface area contributed by atoms with Crippen LogP contribution >= 0.6 is 11.8 Å². The van der Waals surface area contributed by atoms with Crippen molar-refractivity contribution >= 4 is 17.5 Å². The van der Waals surface area contributed by atoms with E-state index in [1.807, 2.05) is 48.0 Å². The van der Waals surface area contributed by atoms with E-state index in [0.717, 1.165) is 22.0 Å². The monoisotopic (exact) mass is 353 g/mol. The zero-order valence-corrected chi connectivity index (χ0v) is 15.0. The molecule has 0 amide bonds. The predicted octanol–water partition coefficient (Wildman–Crippen LogP) is 3.04. The first-order chi connectivity index (χ1) is 12.1. The maximum Gasteiger partial charge on any atom is 0.264 e. The quantitative estimate of drug-likeness (QED) is 0.546. The molecule has 0 fully saturated rings. The number of hydrogen-bond donors (Lipinski definition) is 1. The number of benzene rings is 1. The molecule has 0 atom stereocenters. The maximum atomic E-state index is 12.8. The smallest absolute Gasteiger partial charge is 0.264 e. The summed E-state index contributed by atoms with van der Waals surface area (Å²) in [5.74, 6) is 1.00. The van der Waals surface area contributed by atoms with Crippen molar-refractivity contribution < 1.29 is 4.79 Å². The molecule has 1 N–H and O–H groups in total. The Labute approximate surface area is 150 Å². The van der Waals surface area contributed by atoms with Gasteiger partial charge >= 0.3 is 0 Å². The second-order valence-electron chi connectivity index (χ2n) is 5.64. The molecule has 5 nitrogen and oxygen atoms in total. The van der Waals surface area contributed by atoms with E-state index in [0.29, 0.717) is 17.7 Å². The normalized spacial score (nSPS) is 10.8. The number of nitrogens with one attached hydrogen (secondary N) is 1. The standard InChI is InChI=1S/C19H19N3O2S/c1-3-25-16-8-4-13(5-9-16)19(24)17-10-7-15(22(17)2)12-14-6-11-18(23)21-20-14/h4-11H,3,12H2,1-2H3,(H,21,23). The summed E-state index contributed by atoms with van der Waals surface area (Å²) in [5.41, 5.74) is 2.80. The molecule has 0 radical (unpaired) electrons. The van der Waals surface area contributed by atoms with Gasteiger partial charge in [0.2, 0.25) is 5.78 Å². The topological polar surface area (TPSA) is 67.8 Å². The van der Waals surface area contributed by atoms with E-state index >= 15 is 0 Å². The molecule has 25 heavy (non-hydrogen) atoms. The van der Waals surface area contributed by atoms with Crippen LogP contribution in [0.25, 0.3) is 0 Å². The summed E-state index contributed by atoms with van der Waals surface area (Å²) in [6.45, 7) is 2.10. The Morgan fingerprint density at radius 3 is 2.52 bits per heavy atom. The summed E-state index contributed by atoms with van der Waals surface area (Å²) >= 11 is 1.75. The van der Waals surface area contributed by atoms with Crippen LogP contribution in [-0.4, -0.2) is 26.3 Å². The molecule has 0 aliphatic heterocycles. The first-order valence-electron chi connectivity index (χ1n) is 8.05. The van der Waals surface area contributed by atoms with Crippen LogP contribution in [0.3, 0.4) is 0 Å². The highest BCUT2D eigenvalue weighted by Crippen LogP contribution is 2.20. The number of thioether (sulfide) groups is 1. The second kappa shape index (κ2) is 7.53. The van der Waals surface area contributed by atoms with E-state index in [1.165, 1.54) is 6.07 Å². The summed E-state index contributed by atoms with van der Waals surface area (Å²) in [6, 6.07) is 14.6. The molecule has 128 valence electrons. The molecule has 2 aromatic heterocycles. The van der Waals surface area contributed by atoms with Gasteiger partial charge in [0.25, 0.3) is 5.56 Å². The SMILES string of the molecule is CCSc1ccc(C(=O)c2ccc(Cc3ccc(=O)[nH]n3)n2C)cc1. The molecule has 1 aromatic carbocycles.